The van der Waals surface area contributed by atoms with E-state index in [1.54, 1.807) is 6.92 Å². The fraction of sp³-hybridized carbons (Fsp3) is 0.750. The maximum Gasteiger partial charge on any atom is 0.330 e. The zero-order valence-corrected chi connectivity index (χ0v) is 9.86. The maximum atomic E-state index is 10.6. The number of hydrogen-bond acceptors (Lipinski definition) is 2. The first-order chi connectivity index (χ1) is 7.00. The van der Waals surface area contributed by atoms with E-state index in [2.05, 4.69) is 18.7 Å². The first-order valence-corrected chi connectivity index (χ1v) is 5.63. The summed E-state index contributed by atoms with van der Waals surface area (Å²) < 4.78 is 0. The van der Waals surface area contributed by atoms with Crippen molar-refractivity contribution >= 4 is 5.97 Å². The van der Waals surface area contributed by atoms with Crippen LogP contribution in [0.15, 0.2) is 11.6 Å². The van der Waals surface area contributed by atoms with Gasteiger partial charge in [-0.25, -0.2) is 4.79 Å². The Morgan fingerprint density at radius 2 is 2.27 bits per heavy atom. The Labute approximate surface area is 91.8 Å². The largest absolute Gasteiger partial charge is 0.478 e. The number of nitrogens with zero attached hydrogens (tertiary/aromatic N) is 1. The van der Waals surface area contributed by atoms with Crippen molar-refractivity contribution in [2.75, 3.05) is 19.6 Å². The van der Waals surface area contributed by atoms with Crippen molar-refractivity contribution in [3.63, 3.8) is 0 Å². The minimum atomic E-state index is -0.811. The van der Waals surface area contributed by atoms with Gasteiger partial charge in [-0.05, 0) is 31.7 Å². The third-order valence-corrected chi connectivity index (χ3v) is 3.24. The van der Waals surface area contributed by atoms with Crippen LogP contribution in [0.5, 0.6) is 0 Å². The summed E-state index contributed by atoms with van der Waals surface area (Å²) in [6.07, 6.45) is 3.06. The molecular weight excluding hydrogens is 190 g/mol. The van der Waals surface area contributed by atoms with Crippen LogP contribution >= 0.6 is 0 Å². The van der Waals surface area contributed by atoms with Crippen molar-refractivity contribution in [1.29, 1.82) is 0 Å². The van der Waals surface area contributed by atoms with Gasteiger partial charge in [0, 0.05) is 18.7 Å². The van der Waals surface area contributed by atoms with Crippen molar-refractivity contribution in [2.24, 2.45) is 11.8 Å². The van der Waals surface area contributed by atoms with Crippen LogP contribution in [0.1, 0.15) is 27.2 Å². The van der Waals surface area contributed by atoms with E-state index in [1.165, 1.54) is 6.42 Å². The van der Waals surface area contributed by atoms with Crippen LogP contribution in [0.2, 0.25) is 0 Å². The number of carboxylic acids is 1. The molecule has 15 heavy (non-hydrogen) atoms. The van der Waals surface area contributed by atoms with E-state index in [1.807, 2.05) is 6.08 Å². The Morgan fingerprint density at radius 1 is 1.60 bits per heavy atom. The molecule has 0 spiro atoms. The summed E-state index contributed by atoms with van der Waals surface area (Å²) in [7, 11) is 0. The monoisotopic (exact) mass is 211 g/mol. The predicted octanol–water partition coefficient (Wildman–Crippen LogP) is 2.00. The van der Waals surface area contributed by atoms with E-state index in [0.29, 0.717) is 5.57 Å². The summed E-state index contributed by atoms with van der Waals surface area (Å²) >= 11 is 0. The number of rotatable bonds is 4. The molecule has 0 bridgehead atoms. The SMILES string of the molecule is C/C(=C/CN1CCC(C(C)C)C1)C(=O)O. The molecule has 0 aromatic heterocycles. The third-order valence-electron chi connectivity index (χ3n) is 3.24. The normalized spacial score (nSPS) is 23.7. The minimum absolute atomic E-state index is 0.447. The molecule has 1 fully saturated rings. The molecule has 0 aromatic carbocycles. The zero-order chi connectivity index (χ0) is 11.4. The average Bonchev–Trinajstić information content (AvgIpc) is 2.62. The molecule has 0 aromatic rings. The summed E-state index contributed by atoms with van der Waals surface area (Å²) in [4.78, 5) is 12.9. The fourth-order valence-electron chi connectivity index (χ4n) is 1.93. The summed E-state index contributed by atoms with van der Waals surface area (Å²) in [5.74, 6) is 0.706. The molecular formula is C12H21NO2. The molecule has 86 valence electrons. The lowest BCUT2D eigenvalue weighted by atomic mass is 9.95. The molecule has 1 aliphatic rings. The van der Waals surface area contributed by atoms with Gasteiger partial charge in [0.2, 0.25) is 0 Å². The molecule has 3 heteroatoms. The van der Waals surface area contributed by atoms with Gasteiger partial charge in [0.05, 0.1) is 0 Å². The van der Waals surface area contributed by atoms with Crippen molar-refractivity contribution in [1.82, 2.24) is 4.90 Å². The smallest absolute Gasteiger partial charge is 0.330 e. The quantitative estimate of drug-likeness (QED) is 0.723. The Morgan fingerprint density at radius 3 is 2.73 bits per heavy atom. The summed E-state index contributed by atoms with van der Waals surface area (Å²) in [6, 6.07) is 0. The number of likely N-dealkylation sites (tertiary alicyclic amines) is 1. The lowest BCUT2D eigenvalue weighted by Gasteiger charge is -2.16. The Balaban J connectivity index is 2.37. The van der Waals surface area contributed by atoms with Gasteiger partial charge in [-0.2, -0.15) is 0 Å². The van der Waals surface area contributed by atoms with Crippen LogP contribution in [-0.4, -0.2) is 35.6 Å². The van der Waals surface area contributed by atoms with Crippen molar-refractivity contribution < 1.29 is 9.90 Å². The van der Waals surface area contributed by atoms with E-state index < -0.39 is 5.97 Å². The highest BCUT2D eigenvalue weighted by molar-refractivity contribution is 5.85. The highest BCUT2D eigenvalue weighted by atomic mass is 16.4. The summed E-state index contributed by atoms with van der Waals surface area (Å²) in [6.45, 7) is 9.16. The van der Waals surface area contributed by atoms with Gasteiger partial charge < -0.3 is 5.11 Å². The van der Waals surface area contributed by atoms with Crippen LogP contribution in [-0.2, 0) is 4.79 Å². The Hall–Kier alpha value is -0.830. The lowest BCUT2D eigenvalue weighted by Crippen LogP contribution is -2.22. The van der Waals surface area contributed by atoms with E-state index in [0.717, 1.165) is 31.5 Å². The molecule has 1 rings (SSSR count). The van der Waals surface area contributed by atoms with Crippen LogP contribution < -0.4 is 0 Å². The van der Waals surface area contributed by atoms with Crippen molar-refractivity contribution in [3.05, 3.63) is 11.6 Å². The minimum Gasteiger partial charge on any atom is -0.478 e. The zero-order valence-electron chi connectivity index (χ0n) is 9.86. The van der Waals surface area contributed by atoms with E-state index in [9.17, 15) is 4.79 Å². The summed E-state index contributed by atoms with van der Waals surface area (Å²) in [5.41, 5.74) is 0.447. The number of carboxylic acid groups (broad SMARTS) is 1. The number of aliphatic carboxylic acids is 1. The first kappa shape index (κ1) is 12.2. The lowest BCUT2D eigenvalue weighted by molar-refractivity contribution is -0.132. The highest BCUT2D eigenvalue weighted by Crippen LogP contribution is 2.23. The van der Waals surface area contributed by atoms with Gasteiger partial charge in [-0.15, -0.1) is 0 Å². The second-order valence-electron chi connectivity index (χ2n) is 4.74. The molecule has 1 atom stereocenters. The van der Waals surface area contributed by atoms with Gasteiger partial charge in [0.1, 0.15) is 0 Å². The number of hydrogen-bond donors (Lipinski definition) is 1. The van der Waals surface area contributed by atoms with E-state index in [-0.39, 0.29) is 0 Å². The molecule has 1 saturated heterocycles. The molecule has 1 aliphatic heterocycles. The third kappa shape index (κ3) is 3.67. The molecule has 3 nitrogen and oxygen atoms in total. The molecule has 0 saturated carbocycles. The van der Waals surface area contributed by atoms with Gasteiger partial charge in [-0.3, -0.25) is 4.90 Å². The Kier molecular flexibility index (Phi) is 4.33. The van der Waals surface area contributed by atoms with Gasteiger partial charge in [-0.1, -0.05) is 19.9 Å². The topological polar surface area (TPSA) is 40.5 Å². The molecule has 1 unspecified atom stereocenters. The van der Waals surface area contributed by atoms with Gasteiger partial charge >= 0.3 is 5.97 Å². The molecule has 0 radical (unpaired) electrons. The molecule has 1 heterocycles. The first-order valence-electron chi connectivity index (χ1n) is 5.63. The fourth-order valence-corrected chi connectivity index (χ4v) is 1.93. The molecule has 1 N–H and O–H groups in total. The predicted molar refractivity (Wildman–Crippen MR) is 60.8 cm³/mol. The standard InChI is InChI=1S/C12H21NO2/c1-9(2)11-5-7-13(8-11)6-4-10(3)12(14)15/h4,9,11H,5-8H2,1-3H3,(H,14,15)/b10-4-. The second kappa shape index (κ2) is 5.31. The molecule has 0 amide bonds. The van der Waals surface area contributed by atoms with E-state index in [4.69, 9.17) is 5.11 Å². The van der Waals surface area contributed by atoms with Crippen molar-refractivity contribution in [2.45, 2.75) is 27.2 Å². The average molecular weight is 211 g/mol. The second-order valence-corrected chi connectivity index (χ2v) is 4.74. The van der Waals surface area contributed by atoms with Gasteiger partial charge in [0.15, 0.2) is 0 Å². The number of carbonyl (C=O) groups is 1. The highest BCUT2D eigenvalue weighted by Gasteiger charge is 2.23. The van der Waals surface area contributed by atoms with E-state index >= 15 is 0 Å². The van der Waals surface area contributed by atoms with Crippen LogP contribution in [0.25, 0.3) is 0 Å². The summed E-state index contributed by atoms with van der Waals surface area (Å²) in [5, 5.41) is 8.71. The van der Waals surface area contributed by atoms with Crippen LogP contribution in [0.4, 0.5) is 0 Å². The van der Waals surface area contributed by atoms with Gasteiger partial charge in [0.25, 0.3) is 0 Å². The van der Waals surface area contributed by atoms with Crippen LogP contribution in [0, 0.1) is 11.8 Å². The van der Waals surface area contributed by atoms with Crippen molar-refractivity contribution in [3.8, 4) is 0 Å². The maximum absolute atomic E-state index is 10.6. The Bertz CT molecular complexity index is 258. The molecule has 0 aliphatic carbocycles. The van der Waals surface area contributed by atoms with Crippen LogP contribution in [0.3, 0.4) is 0 Å².